The Morgan fingerprint density at radius 1 is 1.17 bits per heavy atom. The summed E-state index contributed by atoms with van der Waals surface area (Å²) in [4.78, 5) is 29.5. The number of hydrogen-bond acceptors (Lipinski definition) is 3. The van der Waals surface area contributed by atoms with Gasteiger partial charge in [-0.2, -0.15) is 0 Å². The summed E-state index contributed by atoms with van der Waals surface area (Å²) < 4.78 is 5.21. The van der Waals surface area contributed by atoms with Gasteiger partial charge in [-0.15, -0.1) is 0 Å². The smallest absolute Gasteiger partial charge is 0.228 e. The zero-order chi connectivity index (χ0) is 20.4. The van der Waals surface area contributed by atoms with Crippen molar-refractivity contribution in [2.24, 2.45) is 5.92 Å². The molecule has 2 fully saturated rings. The molecular formula is C23H25ClN2O3. The molecule has 1 saturated carbocycles. The van der Waals surface area contributed by atoms with Crippen LogP contribution in [0.1, 0.15) is 30.4 Å². The number of halogens is 1. The summed E-state index contributed by atoms with van der Waals surface area (Å²) in [5.74, 6) is 0.611. The zero-order valence-corrected chi connectivity index (χ0v) is 17.3. The highest BCUT2D eigenvalue weighted by Crippen LogP contribution is 2.32. The Balaban J connectivity index is 1.43. The number of carbonyl (C=O) groups excluding carboxylic acids is 2. The van der Waals surface area contributed by atoms with Crippen LogP contribution in [-0.2, 0) is 22.7 Å². The molecule has 6 heteroatoms. The number of nitrogens with zero attached hydrogens (tertiary/aromatic N) is 2. The van der Waals surface area contributed by atoms with Crippen LogP contribution < -0.4 is 4.74 Å². The Hall–Kier alpha value is -2.53. The lowest BCUT2D eigenvalue weighted by atomic mass is 10.1. The van der Waals surface area contributed by atoms with Gasteiger partial charge in [0.05, 0.1) is 13.0 Å². The third-order valence-electron chi connectivity index (χ3n) is 5.67. The Bertz CT molecular complexity index is 895. The maximum Gasteiger partial charge on any atom is 0.228 e. The molecule has 1 aliphatic carbocycles. The van der Waals surface area contributed by atoms with Gasteiger partial charge in [-0.25, -0.2) is 0 Å². The lowest BCUT2D eigenvalue weighted by Crippen LogP contribution is -2.38. The first-order valence-corrected chi connectivity index (χ1v) is 10.4. The largest absolute Gasteiger partial charge is 0.497 e. The number of hydrogen-bond donors (Lipinski definition) is 0. The zero-order valence-electron chi connectivity index (χ0n) is 16.5. The normalized spacial score (nSPS) is 18.8. The SMILES string of the molecule is COc1ccc(CN(C(=O)C2CC(=O)N(Cc3ccccc3Cl)C2)C2CC2)cc1. The van der Waals surface area contributed by atoms with Crippen molar-refractivity contribution in [3.63, 3.8) is 0 Å². The van der Waals surface area contributed by atoms with Crippen molar-refractivity contribution in [2.75, 3.05) is 13.7 Å². The van der Waals surface area contributed by atoms with Crippen molar-refractivity contribution in [2.45, 2.75) is 38.4 Å². The van der Waals surface area contributed by atoms with Gasteiger partial charge in [-0.3, -0.25) is 9.59 Å². The minimum Gasteiger partial charge on any atom is -0.497 e. The van der Waals surface area contributed by atoms with Crippen LogP contribution in [0.25, 0.3) is 0 Å². The van der Waals surface area contributed by atoms with Crippen LogP contribution in [0.15, 0.2) is 48.5 Å². The van der Waals surface area contributed by atoms with Crippen LogP contribution in [0.2, 0.25) is 5.02 Å². The van der Waals surface area contributed by atoms with Crippen LogP contribution in [0.3, 0.4) is 0 Å². The topological polar surface area (TPSA) is 49.9 Å². The second-order valence-corrected chi connectivity index (χ2v) is 8.22. The van der Waals surface area contributed by atoms with Crippen molar-refractivity contribution >= 4 is 23.4 Å². The summed E-state index contributed by atoms with van der Waals surface area (Å²) in [6.45, 7) is 1.47. The first kappa shape index (κ1) is 19.8. The highest BCUT2D eigenvalue weighted by atomic mass is 35.5. The van der Waals surface area contributed by atoms with Gasteiger partial charge >= 0.3 is 0 Å². The molecule has 2 aromatic carbocycles. The first-order chi connectivity index (χ1) is 14.0. The summed E-state index contributed by atoms with van der Waals surface area (Å²) in [6.07, 6.45) is 2.34. The third-order valence-corrected chi connectivity index (χ3v) is 6.03. The molecule has 1 aliphatic heterocycles. The summed E-state index contributed by atoms with van der Waals surface area (Å²) in [5, 5.41) is 0.647. The number of likely N-dealkylation sites (tertiary alicyclic amines) is 1. The lowest BCUT2D eigenvalue weighted by molar-refractivity contribution is -0.137. The highest BCUT2D eigenvalue weighted by molar-refractivity contribution is 6.31. The molecule has 2 aliphatic rings. The molecule has 0 aromatic heterocycles. The van der Waals surface area contributed by atoms with Crippen molar-refractivity contribution < 1.29 is 14.3 Å². The van der Waals surface area contributed by atoms with E-state index in [1.54, 1.807) is 12.0 Å². The second kappa shape index (κ2) is 8.46. The van der Waals surface area contributed by atoms with E-state index in [9.17, 15) is 9.59 Å². The fourth-order valence-electron chi connectivity index (χ4n) is 3.86. The fraction of sp³-hybridized carbons (Fsp3) is 0.391. The monoisotopic (exact) mass is 412 g/mol. The van der Waals surface area contributed by atoms with E-state index < -0.39 is 0 Å². The molecule has 1 saturated heterocycles. The molecule has 0 bridgehead atoms. The van der Waals surface area contributed by atoms with Gasteiger partial charge < -0.3 is 14.5 Å². The van der Waals surface area contributed by atoms with Gasteiger partial charge in [0.25, 0.3) is 0 Å². The Morgan fingerprint density at radius 3 is 2.55 bits per heavy atom. The predicted molar refractivity (Wildman–Crippen MR) is 112 cm³/mol. The molecule has 0 N–H and O–H groups in total. The molecule has 4 rings (SSSR count). The third kappa shape index (κ3) is 4.56. The molecule has 1 unspecified atom stereocenters. The van der Waals surface area contributed by atoms with E-state index in [4.69, 9.17) is 16.3 Å². The van der Waals surface area contributed by atoms with Crippen molar-refractivity contribution in [1.29, 1.82) is 0 Å². The predicted octanol–water partition coefficient (Wildman–Crippen LogP) is 3.89. The fourth-order valence-corrected chi connectivity index (χ4v) is 4.05. The average Bonchev–Trinajstić information content (AvgIpc) is 3.51. The van der Waals surface area contributed by atoms with Gasteiger partial charge in [-0.05, 0) is 42.2 Å². The highest BCUT2D eigenvalue weighted by Gasteiger charge is 2.41. The maximum absolute atomic E-state index is 13.3. The van der Waals surface area contributed by atoms with Crippen LogP contribution in [0.5, 0.6) is 5.75 Å². The van der Waals surface area contributed by atoms with E-state index >= 15 is 0 Å². The van der Waals surface area contributed by atoms with Gasteiger partial charge in [0.15, 0.2) is 0 Å². The van der Waals surface area contributed by atoms with Crippen LogP contribution >= 0.6 is 11.6 Å². The number of benzene rings is 2. The van der Waals surface area contributed by atoms with Crippen LogP contribution in [0.4, 0.5) is 0 Å². The molecular weight excluding hydrogens is 388 g/mol. The Morgan fingerprint density at radius 2 is 1.90 bits per heavy atom. The van der Waals surface area contributed by atoms with E-state index in [1.807, 2.05) is 53.4 Å². The number of amides is 2. The summed E-state index contributed by atoms with van der Waals surface area (Å²) in [7, 11) is 1.64. The molecule has 1 heterocycles. The number of carbonyl (C=O) groups is 2. The quantitative estimate of drug-likeness (QED) is 0.693. The molecule has 0 spiro atoms. The molecule has 29 heavy (non-hydrogen) atoms. The van der Waals surface area contributed by atoms with Gasteiger partial charge in [-0.1, -0.05) is 41.9 Å². The molecule has 5 nitrogen and oxygen atoms in total. The maximum atomic E-state index is 13.3. The van der Waals surface area contributed by atoms with Gasteiger partial charge in [0.2, 0.25) is 11.8 Å². The standard InChI is InChI=1S/C23H25ClN2O3/c1-29-20-10-6-16(7-11-20)13-26(19-8-9-19)23(28)18-12-22(27)25(15-18)14-17-4-2-3-5-21(17)24/h2-7,10-11,18-19H,8-9,12-15H2,1H3. The van der Waals surface area contributed by atoms with Crippen LogP contribution in [-0.4, -0.2) is 41.3 Å². The van der Waals surface area contributed by atoms with Gasteiger partial charge in [0.1, 0.15) is 5.75 Å². The first-order valence-electron chi connectivity index (χ1n) is 9.99. The molecule has 152 valence electrons. The average molecular weight is 413 g/mol. The summed E-state index contributed by atoms with van der Waals surface area (Å²) >= 11 is 6.24. The van der Waals surface area contributed by atoms with E-state index in [0.29, 0.717) is 24.7 Å². The van der Waals surface area contributed by atoms with E-state index in [1.165, 1.54) is 0 Å². The van der Waals surface area contributed by atoms with Crippen LogP contribution in [0, 0.1) is 5.92 Å². The minimum absolute atomic E-state index is 0.0171. The van der Waals surface area contributed by atoms with E-state index in [0.717, 1.165) is 29.7 Å². The van der Waals surface area contributed by atoms with Crippen molar-refractivity contribution in [1.82, 2.24) is 9.80 Å². The van der Waals surface area contributed by atoms with E-state index in [-0.39, 0.29) is 30.2 Å². The second-order valence-electron chi connectivity index (χ2n) is 7.81. The van der Waals surface area contributed by atoms with Crippen molar-refractivity contribution in [3.05, 3.63) is 64.7 Å². The van der Waals surface area contributed by atoms with E-state index in [2.05, 4.69) is 0 Å². The Labute approximate surface area is 176 Å². The number of methoxy groups -OCH3 is 1. The molecule has 0 radical (unpaired) electrons. The van der Waals surface area contributed by atoms with Crippen molar-refractivity contribution in [3.8, 4) is 5.75 Å². The van der Waals surface area contributed by atoms with Gasteiger partial charge in [0, 0.05) is 37.1 Å². The summed E-state index contributed by atoms with van der Waals surface area (Å²) in [6, 6.07) is 15.6. The molecule has 2 aromatic rings. The number of ether oxygens (including phenoxy) is 1. The number of rotatable bonds is 7. The minimum atomic E-state index is -0.288. The molecule has 2 amide bonds. The Kier molecular flexibility index (Phi) is 5.76. The lowest BCUT2D eigenvalue weighted by Gasteiger charge is -2.26. The summed E-state index contributed by atoms with van der Waals surface area (Å²) in [5.41, 5.74) is 1.98. The molecule has 1 atom stereocenters.